The Morgan fingerprint density at radius 3 is 3.00 bits per heavy atom. The highest BCUT2D eigenvalue weighted by molar-refractivity contribution is 8.02. The van der Waals surface area contributed by atoms with Gasteiger partial charge in [0, 0.05) is 11.4 Å². The van der Waals surface area contributed by atoms with Crippen molar-refractivity contribution in [2.75, 3.05) is 11.1 Å². The first-order chi connectivity index (χ1) is 9.06. The van der Waals surface area contributed by atoms with Crippen LogP contribution >= 0.6 is 23.1 Å². The largest absolute Gasteiger partial charge is 0.399 e. The first-order valence-corrected chi connectivity index (χ1v) is 7.42. The first-order valence-electron chi connectivity index (χ1n) is 5.66. The maximum absolute atomic E-state index is 12.1. The molecule has 0 saturated heterocycles. The fourth-order valence-corrected chi connectivity index (χ4v) is 3.05. The summed E-state index contributed by atoms with van der Waals surface area (Å²) in [4.78, 5) is 12.1. The summed E-state index contributed by atoms with van der Waals surface area (Å²) < 4.78 is 0.784. The Morgan fingerprint density at radius 2 is 2.32 bits per heavy atom. The van der Waals surface area contributed by atoms with Crippen molar-refractivity contribution in [2.45, 2.75) is 23.4 Å². The maximum atomic E-state index is 12.1. The van der Waals surface area contributed by atoms with Gasteiger partial charge in [-0.1, -0.05) is 29.2 Å². The fraction of sp³-hybridized carbons (Fsp3) is 0.250. The maximum Gasteiger partial charge on any atom is 0.237 e. The number of hydrogen-bond donors (Lipinski definition) is 2. The highest BCUT2D eigenvalue weighted by atomic mass is 32.2. The van der Waals surface area contributed by atoms with Crippen LogP contribution in [0.4, 0.5) is 11.4 Å². The lowest BCUT2D eigenvalue weighted by molar-refractivity contribution is -0.115. The summed E-state index contributed by atoms with van der Waals surface area (Å²) in [5.74, 6) is -0.0751. The van der Waals surface area contributed by atoms with E-state index in [4.69, 9.17) is 5.73 Å². The van der Waals surface area contributed by atoms with Gasteiger partial charge in [-0.05, 0) is 31.5 Å². The molecule has 0 radical (unpaired) electrons. The van der Waals surface area contributed by atoms with E-state index in [9.17, 15) is 4.79 Å². The summed E-state index contributed by atoms with van der Waals surface area (Å²) >= 11 is 2.81. The summed E-state index contributed by atoms with van der Waals surface area (Å²) in [5, 5.41) is 10.3. The van der Waals surface area contributed by atoms with Crippen molar-refractivity contribution in [3.05, 3.63) is 29.3 Å². The number of aryl methyl sites for hydroxylation is 1. The minimum absolute atomic E-state index is 0.0751. The number of rotatable bonds is 4. The molecular formula is C12H14N4OS2. The van der Waals surface area contributed by atoms with Crippen LogP contribution in [0, 0.1) is 6.92 Å². The third kappa shape index (κ3) is 3.68. The minimum atomic E-state index is -0.242. The van der Waals surface area contributed by atoms with Gasteiger partial charge in [-0.15, -0.1) is 10.2 Å². The molecule has 100 valence electrons. The number of hydrogen-bond acceptors (Lipinski definition) is 6. The summed E-state index contributed by atoms with van der Waals surface area (Å²) in [6, 6.07) is 5.45. The van der Waals surface area contributed by atoms with E-state index < -0.39 is 0 Å². The Balaban J connectivity index is 2.02. The lowest BCUT2D eigenvalue weighted by Crippen LogP contribution is -2.22. The van der Waals surface area contributed by atoms with E-state index in [2.05, 4.69) is 15.5 Å². The molecule has 0 fully saturated rings. The van der Waals surface area contributed by atoms with Gasteiger partial charge in [-0.3, -0.25) is 4.79 Å². The quantitative estimate of drug-likeness (QED) is 0.669. The van der Waals surface area contributed by atoms with E-state index in [0.717, 1.165) is 15.6 Å². The molecule has 1 unspecified atom stereocenters. The highest BCUT2D eigenvalue weighted by Gasteiger charge is 2.16. The van der Waals surface area contributed by atoms with E-state index >= 15 is 0 Å². The summed E-state index contributed by atoms with van der Waals surface area (Å²) in [5.41, 5.74) is 9.72. The molecule has 1 aromatic heterocycles. The highest BCUT2D eigenvalue weighted by Crippen LogP contribution is 2.26. The number of carbonyl (C=O) groups is 1. The van der Waals surface area contributed by atoms with E-state index in [0.29, 0.717) is 5.69 Å². The van der Waals surface area contributed by atoms with E-state index in [1.54, 1.807) is 11.6 Å². The number of amides is 1. The van der Waals surface area contributed by atoms with Gasteiger partial charge in [0.15, 0.2) is 4.34 Å². The van der Waals surface area contributed by atoms with Crippen molar-refractivity contribution in [3.8, 4) is 0 Å². The van der Waals surface area contributed by atoms with Gasteiger partial charge < -0.3 is 11.1 Å². The SMILES string of the molecule is Cc1ccc(N)cc1NC(=O)C(C)Sc1nncs1. The first kappa shape index (κ1) is 13.8. The standard InChI is InChI=1S/C12H14N4OS2/c1-7-3-4-9(13)5-10(7)15-11(17)8(2)19-12-16-14-6-18-12/h3-6,8H,13H2,1-2H3,(H,15,17). The van der Waals surface area contributed by atoms with Gasteiger partial charge in [0.2, 0.25) is 5.91 Å². The molecule has 0 bridgehead atoms. The van der Waals surface area contributed by atoms with Crippen molar-refractivity contribution in [3.63, 3.8) is 0 Å². The van der Waals surface area contributed by atoms with Gasteiger partial charge in [-0.25, -0.2) is 0 Å². The molecule has 0 spiro atoms. The zero-order valence-electron chi connectivity index (χ0n) is 10.6. The smallest absolute Gasteiger partial charge is 0.237 e. The molecule has 0 aliphatic heterocycles. The van der Waals surface area contributed by atoms with Gasteiger partial charge in [0.25, 0.3) is 0 Å². The van der Waals surface area contributed by atoms with Crippen molar-refractivity contribution >= 4 is 40.4 Å². The fourth-order valence-electron chi connectivity index (χ4n) is 1.43. The predicted molar refractivity (Wildman–Crippen MR) is 79.4 cm³/mol. The van der Waals surface area contributed by atoms with Gasteiger partial charge >= 0.3 is 0 Å². The molecule has 1 heterocycles. The topological polar surface area (TPSA) is 80.9 Å². The summed E-state index contributed by atoms with van der Waals surface area (Å²) in [7, 11) is 0. The predicted octanol–water partition coefficient (Wildman–Crippen LogP) is 2.55. The molecule has 5 nitrogen and oxygen atoms in total. The van der Waals surface area contributed by atoms with Crippen molar-refractivity contribution in [2.24, 2.45) is 0 Å². The second-order valence-electron chi connectivity index (χ2n) is 4.03. The number of nitrogens with zero attached hydrogens (tertiary/aromatic N) is 2. The number of thioether (sulfide) groups is 1. The number of nitrogens with one attached hydrogen (secondary N) is 1. The molecular weight excluding hydrogens is 280 g/mol. The monoisotopic (exact) mass is 294 g/mol. The van der Waals surface area contributed by atoms with Crippen LogP contribution in [-0.2, 0) is 4.79 Å². The molecule has 19 heavy (non-hydrogen) atoms. The normalized spacial score (nSPS) is 12.1. The van der Waals surface area contributed by atoms with Crippen LogP contribution in [0.5, 0.6) is 0 Å². The molecule has 1 amide bonds. The molecule has 1 atom stereocenters. The van der Waals surface area contributed by atoms with E-state index in [1.807, 2.05) is 26.0 Å². The number of anilines is 2. The molecule has 2 rings (SSSR count). The van der Waals surface area contributed by atoms with E-state index in [1.165, 1.54) is 23.1 Å². The van der Waals surface area contributed by atoms with Gasteiger partial charge in [0.05, 0.1) is 5.25 Å². The second kappa shape index (κ2) is 6.03. The zero-order chi connectivity index (χ0) is 13.8. The molecule has 1 aromatic carbocycles. The van der Waals surface area contributed by atoms with Crippen LogP contribution in [0.3, 0.4) is 0 Å². The zero-order valence-corrected chi connectivity index (χ0v) is 12.2. The van der Waals surface area contributed by atoms with Crippen molar-refractivity contribution < 1.29 is 4.79 Å². The number of carbonyl (C=O) groups excluding carboxylic acids is 1. The third-order valence-corrected chi connectivity index (χ3v) is 4.42. The molecule has 2 aromatic rings. The van der Waals surface area contributed by atoms with Crippen molar-refractivity contribution in [1.82, 2.24) is 10.2 Å². The van der Waals surface area contributed by atoms with Crippen LogP contribution in [0.25, 0.3) is 0 Å². The third-order valence-electron chi connectivity index (χ3n) is 2.51. The number of aromatic nitrogens is 2. The lowest BCUT2D eigenvalue weighted by atomic mass is 10.2. The number of nitrogen functional groups attached to an aromatic ring is 1. The Morgan fingerprint density at radius 1 is 1.53 bits per heavy atom. The molecule has 7 heteroatoms. The summed E-state index contributed by atoms with van der Waals surface area (Å²) in [6.07, 6.45) is 0. The van der Waals surface area contributed by atoms with Crippen LogP contribution in [0.15, 0.2) is 28.0 Å². The lowest BCUT2D eigenvalue weighted by Gasteiger charge is -2.12. The van der Waals surface area contributed by atoms with Crippen LogP contribution < -0.4 is 11.1 Å². The van der Waals surface area contributed by atoms with Gasteiger partial charge in [0.1, 0.15) is 5.51 Å². The Kier molecular flexibility index (Phi) is 4.39. The van der Waals surface area contributed by atoms with Crippen molar-refractivity contribution in [1.29, 1.82) is 0 Å². The molecule has 3 N–H and O–H groups in total. The van der Waals surface area contributed by atoms with Crippen LogP contribution in [0.2, 0.25) is 0 Å². The summed E-state index contributed by atoms with van der Waals surface area (Å²) in [6.45, 7) is 3.76. The average molecular weight is 294 g/mol. The number of benzene rings is 1. The van der Waals surface area contributed by atoms with Crippen LogP contribution in [0.1, 0.15) is 12.5 Å². The molecule has 0 aliphatic rings. The molecule has 0 saturated carbocycles. The second-order valence-corrected chi connectivity index (χ2v) is 6.45. The molecule has 0 aliphatic carbocycles. The number of nitrogens with two attached hydrogens (primary N) is 1. The Labute approximate surface area is 119 Å². The Bertz CT molecular complexity index is 571. The Hall–Kier alpha value is -1.60. The minimum Gasteiger partial charge on any atom is -0.399 e. The average Bonchev–Trinajstić information content (AvgIpc) is 2.86. The van der Waals surface area contributed by atoms with Crippen LogP contribution in [-0.4, -0.2) is 21.4 Å². The van der Waals surface area contributed by atoms with E-state index in [-0.39, 0.29) is 11.2 Å². The van der Waals surface area contributed by atoms with Gasteiger partial charge in [-0.2, -0.15) is 0 Å².